The third kappa shape index (κ3) is 4.26. The van der Waals surface area contributed by atoms with Gasteiger partial charge in [-0.3, -0.25) is 0 Å². The molecule has 0 amide bonds. The zero-order chi connectivity index (χ0) is 21.9. The van der Waals surface area contributed by atoms with Crippen LogP contribution < -0.4 is 16.0 Å². The first-order chi connectivity index (χ1) is 15.7. The molecule has 1 saturated heterocycles. The SMILES string of the molecule is Cc1ccc(Nc2nc(N)nc(N3CCCCC3)c2CCc2c[nH]c3ccccc23)cc1. The number of benzene rings is 2. The van der Waals surface area contributed by atoms with Gasteiger partial charge in [-0.25, -0.2) is 0 Å². The zero-order valence-corrected chi connectivity index (χ0v) is 18.6. The smallest absolute Gasteiger partial charge is 0.223 e. The fourth-order valence-electron chi connectivity index (χ4n) is 4.56. The monoisotopic (exact) mass is 426 g/mol. The standard InChI is InChI=1S/C26H30N6/c1-18-9-12-20(13-10-18)29-24-22(14-11-19-17-28-23-8-4-3-7-21(19)23)25(31-26(27)30-24)32-15-5-2-6-16-32/h3-4,7-10,12-13,17,28H,2,5-6,11,14-16H2,1H3,(H3,27,29,30,31). The third-order valence-electron chi connectivity index (χ3n) is 6.29. The first-order valence-corrected chi connectivity index (χ1v) is 11.5. The molecule has 164 valence electrons. The van der Waals surface area contributed by atoms with Gasteiger partial charge < -0.3 is 20.9 Å². The first kappa shape index (κ1) is 20.4. The molecule has 1 fully saturated rings. The summed E-state index contributed by atoms with van der Waals surface area (Å²) in [6, 6.07) is 16.8. The molecule has 4 N–H and O–H groups in total. The van der Waals surface area contributed by atoms with E-state index in [1.165, 1.54) is 41.3 Å². The number of aryl methyl sites for hydroxylation is 2. The maximum absolute atomic E-state index is 6.18. The number of nitrogens with one attached hydrogen (secondary N) is 2. The van der Waals surface area contributed by atoms with E-state index in [0.29, 0.717) is 5.95 Å². The van der Waals surface area contributed by atoms with E-state index in [4.69, 9.17) is 10.7 Å². The Hall–Kier alpha value is -3.54. The van der Waals surface area contributed by atoms with E-state index in [1.54, 1.807) is 0 Å². The van der Waals surface area contributed by atoms with Crippen LogP contribution in [0.15, 0.2) is 54.7 Å². The summed E-state index contributed by atoms with van der Waals surface area (Å²) in [5, 5.41) is 4.80. The quantitative estimate of drug-likeness (QED) is 0.386. The topological polar surface area (TPSA) is 82.9 Å². The molecule has 6 heteroatoms. The number of nitrogens with zero attached hydrogens (tertiary/aromatic N) is 3. The van der Waals surface area contributed by atoms with E-state index in [1.807, 2.05) is 0 Å². The summed E-state index contributed by atoms with van der Waals surface area (Å²) >= 11 is 0. The molecule has 2 aromatic heterocycles. The van der Waals surface area contributed by atoms with Crippen LogP contribution in [0.2, 0.25) is 0 Å². The molecule has 0 atom stereocenters. The van der Waals surface area contributed by atoms with E-state index >= 15 is 0 Å². The number of nitrogens with two attached hydrogens (primary N) is 1. The highest BCUT2D eigenvalue weighted by Gasteiger charge is 2.21. The molecule has 4 aromatic rings. The highest BCUT2D eigenvalue weighted by atomic mass is 15.2. The summed E-state index contributed by atoms with van der Waals surface area (Å²) in [6.07, 6.45) is 7.51. The van der Waals surface area contributed by atoms with Gasteiger partial charge in [0.15, 0.2) is 0 Å². The predicted molar refractivity (Wildman–Crippen MR) is 133 cm³/mol. The minimum Gasteiger partial charge on any atom is -0.368 e. The molecule has 1 aliphatic rings. The minimum atomic E-state index is 0.316. The fourth-order valence-corrected chi connectivity index (χ4v) is 4.56. The van der Waals surface area contributed by atoms with Crippen LogP contribution >= 0.6 is 0 Å². The molecule has 0 aliphatic carbocycles. The van der Waals surface area contributed by atoms with Crippen LogP contribution in [0.25, 0.3) is 10.9 Å². The number of aromatic nitrogens is 3. The van der Waals surface area contributed by atoms with Gasteiger partial charge in [0, 0.05) is 41.4 Å². The van der Waals surface area contributed by atoms with Gasteiger partial charge in [0.1, 0.15) is 11.6 Å². The van der Waals surface area contributed by atoms with Gasteiger partial charge in [0.2, 0.25) is 5.95 Å². The second-order valence-corrected chi connectivity index (χ2v) is 8.63. The summed E-state index contributed by atoms with van der Waals surface area (Å²) in [6.45, 7) is 4.12. The molecular weight excluding hydrogens is 396 g/mol. The Balaban J connectivity index is 1.51. The Bertz CT molecular complexity index is 1200. The molecule has 32 heavy (non-hydrogen) atoms. The molecule has 2 aromatic carbocycles. The van der Waals surface area contributed by atoms with Crippen molar-refractivity contribution >= 4 is 34.2 Å². The van der Waals surface area contributed by atoms with Gasteiger partial charge >= 0.3 is 0 Å². The molecule has 1 aliphatic heterocycles. The molecule has 5 rings (SSSR count). The van der Waals surface area contributed by atoms with E-state index in [0.717, 1.165) is 48.8 Å². The van der Waals surface area contributed by atoms with Crippen LogP contribution in [0.4, 0.5) is 23.3 Å². The number of anilines is 4. The highest BCUT2D eigenvalue weighted by molar-refractivity contribution is 5.83. The van der Waals surface area contributed by atoms with Gasteiger partial charge in [0.05, 0.1) is 0 Å². The molecule has 0 unspecified atom stereocenters. The largest absolute Gasteiger partial charge is 0.368 e. The number of H-pyrrole nitrogens is 1. The van der Waals surface area contributed by atoms with Crippen molar-refractivity contribution in [2.24, 2.45) is 0 Å². The number of fused-ring (bicyclic) bond motifs is 1. The van der Waals surface area contributed by atoms with Crippen LogP contribution in [-0.4, -0.2) is 28.0 Å². The summed E-state index contributed by atoms with van der Waals surface area (Å²) in [4.78, 5) is 15.1. The molecular formula is C26H30N6. The van der Waals surface area contributed by atoms with E-state index in [-0.39, 0.29) is 0 Å². The van der Waals surface area contributed by atoms with E-state index in [2.05, 4.69) is 81.8 Å². The van der Waals surface area contributed by atoms with Crippen molar-refractivity contribution in [3.05, 3.63) is 71.4 Å². The Kier molecular flexibility index (Phi) is 5.67. The Morgan fingerprint density at radius 3 is 2.56 bits per heavy atom. The van der Waals surface area contributed by atoms with E-state index in [9.17, 15) is 0 Å². The lowest BCUT2D eigenvalue weighted by atomic mass is 10.0. The molecule has 0 radical (unpaired) electrons. The molecule has 6 nitrogen and oxygen atoms in total. The zero-order valence-electron chi connectivity index (χ0n) is 18.6. The summed E-state index contributed by atoms with van der Waals surface area (Å²) in [5.41, 5.74) is 12.0. The van der Waals surface area contributed by atoms with Gasteiger partial charge in [-0.1, -0.05) is 35.9 Å². The first-order valence-electron chi connectivity index (χ1n) is 11.5. The lowest BCUT2D eigenvalue weighted by Crippen LogP contribution is -2.32. The van der Waals surface area contributed by atoms with Gasteiger partial charge in [0.25, 0.3) is 0 Å². The second kappa shape index (κ2) is 8.91. The molecule has 3 heterocycles. The Labute approximate surface area is 188 Å². The summed E-state index contributed by atoms with van der Waals surface area (Å²) in [5.74, 6) is 2.10. The van der Waals surface area contributed by atoms with Gasteiger partial charge in [-0.05, 0) is 62.8 Å². The number of hydrogen-bond acceptors (Lipinski definition) is 5. The van der Waals surface area contributed by atoms with Crippen molar-refractivity contribution in [1.29, 1.82) is 0 Å². The number of aromatic amines is 1. The van der Waals surface area contributed by atoms with Crippen molar-refractivity contribution in [3.63, 3.8) is 0 Å². The van der Waals surface area contributed by atoms with Crippen molar-refractivity contribution in [2.75, 3.05) is 29.0 Å². The van der Waals surface area contributed by atoms with Crippen LogP contribution in [0, 0.1) is 6.92 Å². The lowest BCUT2D eigenvalue weighted by molar-refractivity contribution is 0.571. The van der Waals surface area contributed by atoms with Crippen molar-refractivity contribution in [1.82, 2.24) is 15.0 Å². The normalized spacial score (nSPS) is 14.1. The minimum absolute atomic E-state index is 0.316. The molecule has 0 spiro atoms. The lowest BCUT2D eigenvalue weighted by Gasteiger charge is -2.30. The molecule has 0 bridgehead atoms. The van der Waals surface area contributed by atoms with Gasteiger partial charge in [-0.2, -0.15) is 9.97 Å². The third-order valence-corrected chi connectivity index (χ3v) is 6.29. The van der Waals surface area contributed by atoms with Crippen LogP contribution in [-0.2, 0) is 12.8 Å². The number of nitrogen functional groups attached to an aromatic ring is 1. The average Bonchev–Trinajstić information content (AvgIpc) is 3.23. The van der Waals surface area contributed by atoms with Crippen LogP contribution in [0.1, 0.15) is 36.0 Å². The Morgan fingerprint density at radius 1 is 0.969 bits per heavy atom. The van der Waals surface area contributed by atoms with Crippen LogP contribution in [0.3, 0.4) is 0 Å². The fraction of sp³-hybridized carbons (Fsp3) is 0.308. The van der Waals surface area contributed by atoms with Crippen molar-refractivity contribution < 1.29 is 0 Å². The van der Waals surface area contributed by atoms with Crippen molar-refractivity contribution in [2.45, 2.75) is 39.0 Å². The van der Waals surface area contributed by atoms with Gasteiger partial charge in [-0.15, -0.1) is 0 Å². The highest BCUT2D eigenvalue weighted by Crippen LogP contribution is 2.32. The number of para-hydroxylation sites is 1. The van der Waals surface area contributed by atoms with E-state index < -0.39 is 0 Å². The van der Waals surface area contributed by atoms with Crippen molar-refractivity contribution in [3.8, 4) is 0 Å². The maximum Gasteiger partial charge on any atom is 0.223 e. The maximum atomic E-state index is 6.18. The second-order valence-electron chi connectivity index (χ2n) is 8.63. The van der Waals surface area contributed by atoms with Crippen LogP contribution in [0.5, 0.6) is 0 Å². The molecule has 0 saturated carbocycles. The number of rotatable bonds is 6. The average molecular weight is 427 g/mol. The summed E-state index contributed by atoms with van der Waals surface area (Å²) < 4.78 is 0. The Morgan fingerprint density at radius 2 is 1.75 bits per heavy atom. The summed E-state index contributed by atoms with van der Waals surface area (Å²) in [7, 11) is 0. The predicted octanol–water partition coefficient (Wildman–Crippen LogP) is 5.37. The number of hydrogen-bond donors (Lipinski definition) is 3. The number of piperidine rings is 1.